The van der Waals surface area contributed by atoms with Crippen LogP contribution in [0.1, 0.15) is 201 Å². The molecule has 7 heterocycles. The summed E-state index contributed by atoms with van der Waals surface area (Å²) in [7, 11) is 3.49. The standard InChI is InChI=1S/C28H32ClFN4O3.C28H30ClFN4O3.C27H33FN4O2.CH4/c1-4-19(35)9-16-6-5-7-17(8-16)27(36)32-24-12-20(21(29)13-31-24)18-10-22(30)26-23(11-18)34-25(33-26)14-37-15-28(34,2)3;1-5-7-19(35)11-16-8-6-9-17(10-16)27(36)32-24-14-20(22(29)15-31-24)18-12-21-25(23(30)13-18)33-34(4)26(21)28(2,3)37;1-15(2)26-22-11-20(12-23(28)25(22)31-32(26)5)21-13-24(29-14-16(21)3)30-27(34)19-8-6-7-18(10-19)9-17(4)33;/h10-13,16-17H,4-9,14-15H2,1-3H3,(H,31,32,36);1,12-17,37H,6-11H2,2-4H3,(H,31,32,36);11-15,18-19H,6-10H2,1-5H3,(H,29,30,34);1H4/t2*16-,17+;18-,19-;/m110./s1. The minimum atomic E-state index is -1.25. The Bertz CT molecular complexity index is 4990. The maximum atomic E-state index is 15.2. The van der Waals surface area contributed by atoms with Crippen molar-refractivity contribution >= 4 is 109 Å². The second-order valence-electron chi connectivity index (χ2n) is 31.2. The summed E-state index contributed by atoms with van der Waals surface area (Å²) in [6.07, 6.45) is 22.0. The first-order valence-electron chi connectivity index (χ1n) is 37.3. The number of ether oxygens (including phenoxy) is 1. The van der Waals surface area contributed by atoms with Crippen LogP contribution in [-0.2, 0) is 65.3 Å². The van der Waals surface area contributed by atoms with E-state index in [1.54, 1.807) is 56.9 Å². The average molecular weight is 1530 g/mol. The molecule has 578 valence electrons. The number of anilines is 3. The molecule has 25 heteroatoms. The van der Waals surface area contributed by atoms with Crippen LogP contribution in [0.2, 0.25) is 10.0 Å². The Balaban J connectivity index is 0.000000174. The number of carbonyl (C=O) groups excluding carboxylic acids is 6. The van der Waals surface area contributed by atoms with Crippen LogP contribution in [0.4, 0.5) is 30.6 Å². The van der Waals surface area contributed by atoms with Gasteiger partial charge in [0.2, 0.25) is 17.7 Å². The van der Waals surface area contributed by atoms with Crippen LogP contribution in [0.25, 0.3) is 66.2 Å². The molecule has 13 rings (SSSR count). The molecule has 4 N–H and O–H groups in total. The first-order chi connectivity index (χ1) is 51.3. The lowest BCUT2D eigenvalue weighted by Crippen LogP contribution is -2.37. The highest BCUT2D eigenvalue weighted by Gasteiger charge is 2.35. The predicted octanol–water partition coefficient (Wildman–Crippen LogP) is 18.2. The number of nitrogens with one attached hydrogen (secondary N) is 3. The molecule has 3 fully saturated rings. The zero-order valence-electron chi connectivity index (χ0n) is 63.2. The highest BCUT2D eigenvalue weighted by molar-refractivity contribution is 6.33. The van der Waals surface area contributed by atoms with Crippen molar-refractivity contribution in [2.75, 3.05) is 22.6 Å². The van der Waals surface area contributed by atoms with Crippen molar-refractivity contribution in [1.82, 2.24) is 44.1 Å². The molecule has 6 aromatic heterocycles. The van der Waals surface area contributed by atoms with Gasteiger partial charge in [0.15, 0.2) is 17.5 Å². The van der Waals surface area contributed by atoms with E-state index in [0.29, 0.717) is 130 Å². The number of Topliss-reactive ketones (excluding diaryl/α,β-unsaturated/α-hetero) is 3. The van der Waals surface area contributed by atoms with Gasteiger partial charge in [-0.2, -0.15) is 10.2 Å². The van der Waals surface area contributed by atoms with Gasteiger partial charge in [-0.05, 0) is 205 Å². The van der Waals surface area contributed by atoms with Crippen LogP contribution in [0.3, 0.4) is 0 Å². The lowest BCUT2D eigenvalue weighted by atomic mass is 9.78. The zero-order valence-corrected chi connectivity index (χ0v) is 64.7. The Hall–Kier alpha value is -9.21. The number of ketones is 3. The molecule has 1 aliphatic heterocycles. The van der Waals surface area contributed by atoms with Gasteiger partial charge in [-0.25, -0.2) is 33.1 Å². The number of hydrogen-bond acceptors (Lipinski definition) is 14. The predicted molar refractivity (Wildman–Crippen MR) is 421 cm³/mol. The molecule has 0 bridgehead atoms. The third-order valence-electron chi connectivity index (χ3n) is 21.3. The Morgan fingerprint density at radius 3 is 1.60 bits per heavy atom. The van der Waals surface area contributed by atoms with E-state index in [9.17, 15) is 33.9 Å². The fourth-order valence-electron chi connectivity index (χ4n) is 16.4. The van der Waals surface area contributed by atoms with Gasteiger partial charge in [-0.15, -0.1) is 6.42 Å². The van der Waals surface area contributed by atoms with Gasteiger partial charge >= 0.3 is 0 Å². The number of hydrogen-bond donors (Lipinski definition) is 4. The summed E-state index contributed by atoms with van der Waals surface area (Å²) >= 11 is 12.9. The van der Waals surface area contributed by atoms with E-state index in [2.05, 4.69) is 65.9 Å². The molecule has 0 saturated heterocycles. The number of carbonyl (C=O) groups is 6. The number of imidazole rings is 1. The van der Waals surface area contributed by atoms with Gasteiger partial charge in [-0.3, -0.25) is 33.3 Å². The fraction of sp³-hybridized carbons (Fsp3) is 0.476. The van der Waals surface area contributed by atoms with E-state index in [1.807, 2.05) is 57.5 Å². The molecule has 3 aromatic carbocycles. The molecule has 3 amide bonds. The van der Waals surface area contributed by atoms with E-state index in [-0.39, 0.29) is 112 Å². The van der Waals surface area contributed by atoms with Crippen molar-refractivity contribution in [3.63, 3.8) is 0 Å². The zero-order chi connectivity index (χ0) is 77.8. The van der Waals surface area contributed by atoms with Crippen molar-refractivity contribution in [2.45, 2.75) is 203 Å². The first-order valence-corrected chi connectivity index (χ1v) is 38.0. The molecule has 0 spiro atoms. The number of halogens is 5. The quantitative estimate of drug-likeness (QED) is 0.0549. The molecule has 0 unspecified atom stereocenters. The maximum absolute atomic E-state index is 15.2. The molecule has 6 atom stereocenters. The van der Waals surface area contributed by atoms with Crippen LogP contribution in [0, 0.1) is 72.2 Å². The molecular weight excluding hydrogens is 1430 g/mol. The second-order valence-corrected chi connectivity index (χ2v) is 32.0. The average Bonchev–Trinajstić information content (AvgIpc) is 1.62. The summed E-state index contributed by atoms with van der Waals surface area (Å²) in [5, 5.41) is 29.9. The van der Waals surface area contributed by atoms with E-state index in [4.69, 9.17) is 34.4 Å². The van der Waals surface area contributed by atoms with Crippen LogP contribution < -0.4 is 16.0 Å². The molecule has 9 aromatic rings. The van der Waals surface area contributed by atoms with Gasteiger partial charge in [0.05, 0.1) is 39.8 Å². The van der Waals surface area contributed by atoms with E-state index in [1.165, 1.54) is 35.3 Å². The SMILES string of the molecule is C.C#CCC(=O)C[C@@H]1CCC[C@H](C(=O)Nc2cc(-c3cc(F)c4nn(C)c(C(C)(C)O)c4c3)c(Cl)cn2)C1.CC(=O)C[C@@H]1CCC[C@H](C(=O)Nc2cc(-c3cc(F)c4nn(C)c(C(C)C)c4c3)c(C)cn2)C1.CCC(=O)C[C@@H]1CCC[C@H](C(=O)Nc2cc(-c3cc(F)c4nc5n(c4c3)C(C)(C)COC5)c(Cl)cn2)C1. The third kappa shape index (κ3) is 19.2. The highest BCUT2D eigenvalue weighted by Crippen LogP contribution is 2.42. The second kappa shape index (κ2) is 34.8. The third-order valence-corrected chi connectivity index (χ3v) is 21.9. The van der Waals surface area contributed by atoms with E-state index in [0.717, 1.165) is 92.0 Å². The highest BCUT2D eigenvalue weighted by atomic mass is 35.5. The van der Waals surface area contributed by atoms with Crippen molar-refractivity contribution in [3.05, 3.63) is 123 Å². The van der Waals surface area contributed by atoms with E-state index >= 15 is 13.2 Å². The number of rotatable bonds is 19. The number of aromatic nitrogens is 9. The van der Waals surface area contributed by atoms with Gasteiger partial charge in [0, 0.05) is 104 Å². The van der Waals surface area contributed by atoms with Gasteiger partial charge < -0.3 is 35.2 Å². The normalized spacial score (nSPS) is 19.0. The summed E-state index contributed by atoms with van der Waals surface area (Å²) in [5.74, 6) is 3.24. The maximum Gasteiger partial charge on any atom is 0.228 e. The van der Waals surface area contributed by atoms with Gasteiger partial charge in [0.25, 0.3) is 0 Å². The molecule has 0 radical (unpaired) electrons. The van der Waals surface area contributed by atoms with Crippen molar-refractivity contribution in [2.24, 2.45) is 49.6 Å². The summed E-state index contributed by atoms with van der Waals surface area (Å²) in [6, 6.07) is 14.9. The van der Waals surface area contributed by atoms with Gasteiger partial charge in [-0.1, -0.05) is 76.6 Å². The van der Waals surface area contributed by atoms with E-state index < -0.39 is 17.2 Å². The summed E-state index contributed by atoms with van der Waals surface area (Å²) in [6.45, 7) is 17.7. The minimum absolute atomic E-state index is 0. The number of fused-ring (bicyclic) bond motifs is 5. The molecule has 3 saturated carbocycles. The Labute approximate surface area is 644 Å². The number of pyridine rings is 3. The molecule has 109 heavy (non-hydrogen) atoms. The fourth-order valence-corrected chi connectivity index (χ4v) is 16.8. The number of aryl methyl sites for hydroxylation is 3. The number of benzene rings is 3. The lowest BCUT2D eigenvalue weighted by Gasteiger charge is -2.33. The van der Waals surface area contributed by atoms with Crippen LogP contribution in [0.5, 0.6) is 0 Å². The molecule has 20 nitrogen and oxygen atoms in total. The Morgan fingerprint density at radius 2 is 1.10 bits per heavy atom. The molecule has 3 aliphatic carbocycles. The minimum Gasteiger partial charge on any atom is -0.384 e. The number of terminal acetylenes is 1. The van der Waals surface area contributed by atoms with Crippen molar-refractivity contribution in [1.29, 1.82) is 0 Å². The number of aliphatic hydroxyl groups is 1. The van der Waals surface area contributed by atoms with Crippen LogP contribution in [-0.4, -0.2) is 90.8 Å². The summed E-state index contributed by atoms with van der Waals surface area (Å²) in [5.41, 5.74) is 5.85. The van der Waals surface area contributed by atoms with Crippen LogP contribution >= 0.6 is 23.2 Å². The van der Waals surface area contributed by atoms with Crippen molar-refractivity contribution < 1.29 is 51.8 Å². The van der Waals surface area contributed by atoms with Gasteiger partial charge in [0.1, 0.15) is 69.4 Å². The molecule has 4 aliphatic rings. The smallest absolute Gasteiger partial charge is 0.228 e. The molecular formula is C84H99Cl2F3N12O8. The topological polar surface area (TPSA) is 260 Å². The Kier molecular flexibility index (Phi) is 26.3. The number of nitrogens with zero attached hydrogens (tertiary/aromatic N) is 9. The lowest BCUT2D eigenvalue weighted by molar-refractivity contribution is -0.123. The van der Waals surface area contributed by atoms with Crippen molar-refractivity contribution in [3.8, 4) is 45.7 Å². The Morgan fingerprint density at radius 1 is 0.651 bits per heavy atom. The monoisotopic (exact) mass is 1530 g/mol. The first kappa shape index (κ1) is 82.3. The summed E-state index contributed by atoms with van der Waals surface area (Å²) < 4.78 is 56.2. The number of amides is 3. The summed E-state index contributed by atoms with van der Waals surface area (Å²) in [4.78, 5) is 91.9. The largest absolute Gasteiger partial charge is 0.384 e. The van der Waals surface area contributed by atoms with Crippen LogP contribution in [0.15, 0.2) is 73.2 Å².